The van der Waals surface area contributed by atoms with Crippen molar-refractivity contribution in [1.82, 2.24) is 0 Å². The van der Waals surface area contributed by atoms with Crippen LogP contribution in [0, 0.1) is 0 Å². The van der Waals surface area contributed by atoms with Crippen molar-refractivity contribution in [2.45, 2.75) is 6.42 Å². The van der Waals surface area contributed by atoms with Crippen LogP contribution >= 0.6 is 27.5 Å². The number of hydrogen-bond donors (Lipinski definition) is 0. The monoisotopic (exact) mass is 338 g/mol. The molecule has 2 aromatic rings. The average Bonchev–Trinajstić information content (AvgIpc) is 2.39. The molecule has 0 aromatic heterocycles. The number of rotatable bonds is 5. The highest BCUT2D eigenvalue weighted by atomic mass is 79.9. The van der Waals surface area contributed by atoms with E-state index in [1.54, 1.807) is 24.3 Å². The van der Waals surface area contributed by atoms with Crippen LogP contribution in [0.3, 0.4) is 0 Å². The fourth-order valence-electron chi connectivity index (χ4n) is 1.60. The zero-order valence-corrected chi connectivity index (χ0v) is 12.4. The summed E-state index contributed by atoms with van der Waals surface area (Å²) in [4.78, 5) is 11.8. The van der Waals surface area contributed by atoms with Gasteiger partial charge in [0.25, 0.3) is 0 Å². The highest BCUT2D eigenvalue weighted by molar-refractivity contribution is 9.10. The molecule has 0 aliphatic rings. The zero-order valence-electron chi connectivity index (χ0n) is 10.1. The highest BCUT2D eigenvalue weighted by Crippen LogP contribution is 2.17. The van der Waals surface area contributed by atoms with Crippen LogP contribution in [0.2, 0.25) is 5.02 Å². The first-order valence-electron chi connectivity index (χ1n) is 5.78. The standard InChI is InChI=1S/C15H12BrClO2/c16-12-6-4-11(5-7-12)8-14(18)10-19-15-3-1-2-13(17)9-15/h1-7,9H,8,10H2. The minimum atomic E-state index is 0.0299. The Morgan fingerprint density at radius 1 is 1.16 bits per heavy atom. The Morgan fingerprint density at radius 3 is 2.58 bits per heavy atom. The Labute approximate surface area is 125 Å². The molecule has 0 atom stereocenters. The van der Waals surface area contributed by atoms with E-state index in [0.29, 0.717) is 17.2 Å². The Bertz CT molecular complexity index is 567. The van der Waals surface area contributed by atoms with Gasteiger partial charge in [0, 0.05) is 15.9 Å². The first kappa shape index (κ1) is 14.1. The van der Waals surface area contributed by atoms with E-state index >= 15 is 0 Å². The summed E-state index contributed by atoms with van der Waals surface area (Å²) >= 11 is 9.19. The van der Waals surface area contributed by atoms with E-state index in [4.69, 9.17) is 16.3 Å². The molecule has 2 nitrogen and oxygen atoms in total. The van der Waals surface area contributed by atoms with Crippen LogP contribution in [0.25, 0.3) is 0 Å². The van der Waals surface area contributed by atoms with Gasteiger partial charge >= 0.3 is 0 Å². The number of carbonyl (C=O) groups is 1. The van der Waals surface area contributed by atoms with E-state index < -0.39 is 0 Å². The van der Waals surface area contributed by atoms with Gasteiger partial charge in [0.05, 0.1) is 0 Å². The van der Waals surface area contributed by atoms with Crippen LogP contribution in [0.4, 0.5) is 0 Å². The number of ketones is 1. The van der Waals surface area contributed by atoms with Gasteiger partial charge in [-0.05, 0) is 35.9 Å². The Hall–Kier alpha value is -1.32. The molecule has 0 saturated carbocycles. The van der Waals surface area contributed by atoms with Gasteiger partial charge in [0.2, 0.25) is 0 Å². The summed E-state index contributed by atoms with van der Waals surface area (Å²) in [6.07, 6.45) is 0.369. The number of halogens is 2. The minimum absolute atomic E-state index is 0.0299. The summed E-state index contributed by atoms with van der Waals surface area (Å²) in [5.41, 5.74) is 0.975. The summed E-state index contributed by atoms with van der Waals surface area (Å²) < 4.78 is 6.40. The third kappa shape index (κ3) is 4.69. The molecule has 0 saturated heterocycles. The third-order valence-electron chi connectivity index (χ3n) is 2.51. The molecular weight excluding hydrogens is 328 g/mol. The number of benzene rings is 2. The first-order valence-corrected chi connectivity index (χ1v) is 6.95. The molecule has 98 valence electrons. The van der Waals surface area contributed by atoms with E-state index in [1.165, 1.54) is 0 Å². The van der Waals surface area contributed by atoms with Crippen molar-refractivity contribution < 1.29 is 9.53 Å². The number of hydrogen-bond acceptors (Lipinski definition) is 2. The van der Waals surface area contributed by atoms with E-state index in [2.05, 4.69) is 15.9 Å². The molecule has 19 heavy (non-hydrogen) atoms. The summed E-state index contributed by atoms with van der Waals surface area (Å²) in [6.45, 7) is 0.0520. The molecule has 0 spiro atoms. The molecule has 0 aliphatic carbocycles. The molecule has 0 N–H and O–H groups in total. The predicted octanol–water partition coefficient (Wildman–Crippen LogP) is 4.29. The number of Topliss-reactive ketones (excluding diaryl/α,β-unsaturated/α-hetero) is 1. The second-order valence-corrected chi connectivity index (χ2v) is 5.44. The maximum Gasteiger partial charge on any atom is 0.174 e. The summed E-state index contributed by atoms with van der Waals surface area (Å²) in [5.74, 6) is 0.638. The molecule has 0 bridgehead atoms. The average molecular weight is 340 g/mol. The smallest absolute Gasteiger partial charge is 0.174 e. The normalized spacial score (nSPS) is 10.2. The van der Waals surface area contributed by atoms with E-state index in [1.807, 2.05) is 24.3 Å². The second kappa shape index (κ2) is 6.73. The fourth-order valence-corrected chi connectivity index (χ4v) is 2.05. The second-order valence-electron chi connectivity index (χ2n) is 4.09. The Morgan fingerprint density at radius 2 is 1.89 bits per heavy atom. The van der Waals surface area contributed by atoms with Crippen LogP contribution in [0.5, 0.6) is 5.75 Å². The molecule has 0 radical (unpaired) electrons. The molecule has 0 fully saturated rings. The molecular formula is C15H12BrClO2. The zero-order chi connectivity index (χ0) is 13.7. The van der Waals surface area contributed by atoms with E-state index in [9.17, 15) is 4.79 Å². The fraction of sp³-hybridized carbons (Fsp3) is 0.133. The summed E-state index contributed by atoms with van der Waals surface area (Å²) in [7, 11) is 0. The van der Waals surface area contributed by atoms with E-state index in [0.717, 1.165) is 10.0 Å². The maximum absolute atomic E-state index is 11.8. The molecule has 4 heteroatoms. The van der Waals surface area contributed by atoms with Crippen molar-refractivity contribution in [2.24, 2.45) is 0 Å². The molecule has 0 heterocycles. The topological polar surface area (TPSA) is 26.3 Å². The van der Waals surface area contributed by atoms with Gasteiger partial charge in [-0.25, -0.2) is 0 Å². The number of ether oxygens (including phenoxy) is 1. The lowest BCUT2D eigenvalue weighted by Crippen LogP contribution is -2.13. The van der Waals surface area contributed by atoms with Gasteiger partial charge in [0.15, 0.2) is 5.78 Å². The number of carbonyl (C=O) groups excluding carboxylic acids is 1. The Balaban J connectivity index is 1.86. The lowest BCUT2D eigenvalue weighted by molar-refractivity contribution is -0.120. The van der Waals surface area contributed by atoms with Crippen LogP contribution < -0.4 is 4.74 Å². The lowest BCUT2D eigenvalue weighted by Gasteiger charge is -2.06. The van der Waals surface area contributed by atoms with Crippen molar-refractivity contribution in [3.8, 4) is 5.75 Å². The quantitative estimate of drug-likeness (QED) is 0.812. The van der Waals surface area contributed by atoms with Gasteiger partial charge in [-0.15, -0.1) is 0 Å². The molecule has 0 unspecified atom stereocenters. The summed E-state index contributed by atoms with van der Waals surface area (Å²) in [5, 5.41) is 0.595. The largest absolute Gasteiger partial charge is 0.486 e. The van der Waals surface area contributed by atoms with Crippen molar-refractivity contribution in [3.63, 3.8) is 0 Å². The van der Waals surface area contributed by atoms with Gasteiger partial charge in [-0.1, -0.05) is 45.7 Å². The molecule has 0 amide bonds. The van der Waals surface area contributed by atoms with Gasteiger partial charge in [-0.3, -0.25) is 4.79 Å². The van der Waals surface area contributed by atoms with Crippen molar-refractivity contribution >= 4 is 33.3 Å². The van der Waals surface area contributed by atoms with Gasteiger partial charge < -0.3 is 4.74 Å². The van der Waals surface area contributed by atoms with Gasteiger partial charge in [0.1, 0.15) is 12.4 Å². The van der Waals surface area contributed by atoms with Gasteiger partial charge in [-0.2, -0.15) is 0 Å². The lowest BCUT2D eigenvalue weighted by atomic mass is 10.1. The Kier molecular flexibility index (Phi) is 5.00. The van der Waals surface area contributed by atoms with Crippen molar-refractivity contribution in [1.29, 1.82) is 0 Å². The molecule has 0 aliphatic heterocycles. The first-order chi connectivity index (χ1) is 9.13. The van der Waals surface area contributed by atoms with Crippen LogP contribution in [-0.2, 0) is 11.2 Å². The molecule has 2 aromatic carbocycles. The van der Waals surface area contributed by atoms with Crippen LogP contribution in [0.15, 0.2) is 53.0 Å². The SMILES string of the molecule is O=C(COc1cccc(Cl)c1)Cc1ccc(Br)cc1. The van der Waals surface area contributed by atoms with Crippen molar-refractivity contribution in [2.75, 3.05) is 6.61 Å². The highest BCUT2D eigenvalue weighted by Gasteiger charge is 2.05. The van der Waals surface area contributed by atoms with Crippen LogP contribution in [-0.4, -0.2) is 12.4 Å². The molecule has 2 rings (SSSR count). The maximum atomic E-state index is 11.8. The van der Waals surface area contributed by atoms with Crippen molar-refractivity contribution in [3.05, 3.63) is 63.6 Å². The third-order valence-corrected chi connectivity index (χ3v) is 3.27. The summed E-state index contributed by atoms with van der Waals surface area (Å²) in [6, 6.07) is 14.7. The van der Waals surface area contributed by atoms with Crippen LogP contribution in [0.1, 0.15) is 5.56 Å². The van der Waals surface area contributed by atoms with E-state index in [-0.39, 0.29) is 12.4 Å². The predicted molar refractivity (Wildman–Crippen MR) is 79.8 cm³/mol. The minimum Gasteiger partial charge on any atom is -0.486 e.